The Kier molecular flexibility index (Phi) is 1.51. The summed E-state index contributed by atoms with van der Waals surface area (Å²) in [6, 6.07) is 1.68. The van der Waals surface area contributed by atoms with Gasteiger partial charge in [-0.2, -0.15) is 0 Å². The maximum absolute atomic E-state index is 11.2. The smallest absolute Gasteiger partial charge is 0.291 e. The quantitative estimate of drug-likeness (QED) is 0.590. The van der Waals surface area contributed by atoms with Crippen LogP contribution in [0.3, 0.4) is 0 Å². The van der Waals surface area contributed by atoms with Crippen LogP contribution < -0.4 is 11.2 Å². The Balaban J connectivity index is 3.04. The summed E-state index contributed by atoms with van der Waals surface area (Å²) in [7, 11) is 0. The highest BCUT2D eigenvalue weighted by molar-refractivity contribution is 5.73. The topological polar surface area (TPSA) is 78.6 Å². The van der Waals surface area contributed by atoms with E-state index in [-0.39, 0.29) is 0 Å². The number of nitrogens with zero attached hydrogens (tertiary/aromatic N) is 1. The van der Waals surface area contributed by atoms with Crippen molar-refractivity contribution in [3.8, 4) is 0 Å². The first-order valence-electron chi connectivity index (χ1n) is 3.76. The van der Waals surface area contributed by atoms with E-state index in [1.807, 2.05) is 6.92 Å². The molecule has 0 aromatic carbocycles. The number of aromatic nitrogens is 3. The minimum Gasteiger partial charge on any atom is -0.291 e. The van der Waals surface area contributed by atoms with Crippen molar-refractivity contribution in [2.24, 2.45) is 0 Å². The SMILES string of the molecule is Cc1cnc2[nH]c(=O)[nH]c(=O)c2c1. The highest BCUT2D eigenvalue weighted by atomic mass is 16.2. The van der Waals surface area contributed by atoms with E-state index >= 15 is 0 Å². The van der Waals surface area contributed by atoms with Gasteiger partial charge in [0.25, 0.3) is 5.56 Å². The molecule has 0 fully saturated rings. The monoisotopic (exact) mass is 177 g/mol. The molecule has 66 valence electrons. The Morgan fingerprint density at radius 3 is 2.85 bits per heavy atom. The Bertz CT molecular complexity index is 567. The molecule has 2 heterocycles. The minimum atomic E-state index is -0.533. The molecule has 0 aliphatic carbocycles. The first kappa shape index (κ1) is 7.72. The molecule has 0 unspecified atom stereocenters. The molecule has 0 saturated carbocycles. The van der Waals surface area contributed by atoms with Gasteiger partial charge in [-0.05, 0) is 18.6 Å². The summed E-state index contributed by atoms with van der Waals surface area (Å²) in [4.78, 5) is 30.6. The second-order valence-corrected chi connectivity index (χ2v) is 2.82. The lowest BCUT2D eigenvalue weighted by Gasteiger charge is -1.95. The molecule has 0 spiro atoms. The third-order valence-corrected chi connectivity index (χ3v) is 1.73. The summed E-state index contributed by atoms with van der Waals surface area (Å²) >= 11 is 0. The average Bonchev–Trinajstić information content (AvgIpc) is 2.06. The van der Waals surface area contributed by atoms with Crippen molar-refractivity contribution < 1.29 is 0 Å². The van der Waals surface area contributed by atoms with Crippen LogP contribution in [0, 0.1) is 6.92 Å². The Morgan fingerprint density at radius 1 is 1.31 bits per heavy atom. The van der Waals surface area contributed by atoms with Gasteiger partial charge >= 0.3 is 5.69 Å². The van der Waals surface area contributed by atoms with Gasteiger partial charge in [0.15, 0.2) is 0 Å². The number of pyridine rings is 1. The lowest BCUT2D eigenvalue weighted by atomic mass is 10.2. The normalized spacial score (nSPS) is 10.5. The van der Waals surface area contributed by atoms with Gasteiger partial charge in [-0.1, -0.05) is 0 Å². The summed E-state index contributed by atoms with van der Waals surface area (Å²) in [5, 5.41) is 0.402. The number of nitrogens with one attached hydrogen (secondary N) is 2. The zero-order valence-electron chi connectivity index (χ0n) is 6.92. The third kappa shape index (κ3) is 1.24. The Morgan fingerprint density at radius 2 is 2.08 bits per heavy atom. The van der Waals surface area contributed by atoms with Crippen LogP contribution in [0.4, 0.5) is 0 Å². The maximum Gasteiger partial charge on any atom is 0.327 e. The molecule has 0 aliphatic heterocycles. The van der Waals surface area contributed by atoms with Crippen molar-refractivity contribution >= 4 is 11.0 Å². The lowest BCUT2D eigenvalue weighted by Crippen LogP contribution is -2.22. The van der Waals surface area contributed by atoms with E-state index in [0.29, 0.717) is 11.0 Å². The van der Waals surface area contributed by atoms with Crippen LogP contribution in [0.2, 0.25) is 0 Å². The fraction of sp³-hybridized carbons (Fsp3) is 0.125. The first-order chi connectivity index (χ1) is 6.16. The standard InChI is InChI=1S/C8H7N3O2/c1-4-2-5-6(9-3-4)10-8(13)11-7(5)12/h2-3H,1H3,(H2,9,10,11,12,13). The van der Waals surface area contributed by atoms with Crippen LogP contribution in [0.15, 0.2) is 21.9 Å². The van der Waals surface area contributed by atoms with Crippen LogP contribution in [0.25, 0.3) is 11.0 Å². The van der Waals surface area contributed by atoms with Crippen molar-refractivity contribution in [3.63, 3.8) is 0 Å². The molecule has 2 aromatic rings. The fourth-order valence-corrected chi connectivity index (χ4v) is 1.15. The molecular formula is C8H7N3O2. The molecule has 0 radical (unpaired) electrons. The molecule has 0 amide bonds. The van der Waals surface area contributed by atoms with E-state index in [1.165, 1.54) is 0 Å². The van der Waals surface area contributed by atoms with Crippen molar-refractivity contribution in [3.05, 3.63) is 38.7 Å². The van der Waals surface area contributed by atoms with E-state index in [4.69, 9.17) is 0 Å². The van der Waals surface area contributed by atoms with Gasteiger partial charge < -0.3 is 0 Å². The molecule has 0 bridgehead atoms. The van der Waals surface area contributed by atoms with Gasteiger partial charge in [0.05, 0.1) is 5.39 Å². The first-order valence-corrected chi connectivity index (χ1v) is 3.76. The van der Waals surface area contributed by atoms with Gasteiger partial charge in [-0.3, -0.25) is 14.8 Å². The van der Waals surface area contributed by atoms with Gasteiger partial charge in [0, 0.05) is 6.20 Å². The summed E-state index contributed by atoms with van der Waals surface area (Å²) < 4.78 is 0. The summed E-state index contributed by atoms with van der Waals surface area (Å²) in [6.45, 7) is 1.83. The number of H-pyrrole nitrogens is 2. The Hall–Kier alpha value is -1.91. The third-order valence-electron chi connectivity index (χ3n) is 1.73. The molecular weight excluding hydrogens is 170 g/mol. The van der Waals surface area contributed by atoms with Crippen LogP contribution >= 0.6 is 0 Å². The Labute approximate surface area is 72.5 Å². The molecule has 5 heteroatoms. The highest BCUT2D eigenvalue weighted by Gasteiger charge is 2.00. The minimum absolute atomic E-state index is 0.319. The van der Waals surface area contributed by atoms with Crippen molar-refractivity contribution in [2.45, 2.75) is 6.92 Å². The molecule has 2 aromatic heterocycles. The lowest BCUT2D eigenvalue weighted by molar-refractivity contribution is 1.06. The van der Waals surface area contributed by atoms with E-state index in [1.54, 1.807) is 12.3 Å². The van der Waals surface area contributed by atoms with Crippen molar-refractivity contribution in [1.29, 1.82) is 0 Å². The van der Waals surface area contributed by atoms with Gasteiger partial charge in [-0.15, -0.1) is 0 Å². The summed E-state index contributed by atoms with van der Waals surface area (Å²) in [6.07, 6.45) is 1.59. The molecule has 2 rings (SSSR count). The largest absolute Gasteiger partial charge is 0.327 e. The van der Waals surface area contributed by atoms with E-state index in [2.05, 4.69) is 15.0 Å². The summed E-state index contributed by atoms with van der Waals surface area (Å²) in [5.41, 5.74) is 0.258. The number of hydrogen-bond donors (Lipinski definition) is 2. The van der Waals surface area contributed by atoms with Crippen molar-refractivity contribution in [2.75, 3.05) is 0 Å². The number of aryl methyl sites for hydroxylation is 1. The van der Waals surface area contributed by atoms with E-state index < -0.39 is 11.2 Å². The van der Waals surface area contributed by atoms with E-state index in [0.717, 1.165) is 5.56 Å². The highest BCUT2D eigenvalue weighted by Crippen LogP contribution is 2.02. The predicted octanol–water partition coefficient (Wildman–Crippen LogP) is -0.0802. The zero-order valence-corrected chi connectivity index (χ0v) is 6.92. The molecule has 2 N–H and O–H groups in total. The van der Waals surface area contributed by atoms with Crippen LogP contribution in [-0.4, -0.2) is 15.0 Å². The van der Waals surface area contributed by atoms with Crippen LogP contribution in [-0.2, 0) is 0 Å². The van der Waals surface area contributed by atoms with E-state index in [9.17, 15) is 9.59 Å². The second kappa shape index (κ2) is 2.55. The van der Waals surface area contributed by atoms with Crippen LogP contribution in [0.5, 0.6) is 0 Å². The van der Waals surface area contributed by atoms with Gasteiger partial charge in [0.2, 0.25) is 0 Å². The molecule has 13 heavy (non-hydrogen) atoms. The number of rotatable bonds is 0. The van der Waals surface area contributed by atoms with Crippen molar-refractivity contribution in [1.82, 2.24) is 15.0 Å². The molecule has 0 aliphatic rings. The maximum atomic E-state index is 11.2. The zero-order chi connectivity index (χ0) is 9.42. The predicted molar refractivity (Wildman–Crippen MR) is 47.7 cm³/mol. The second-order valence-electron chi connectivity index (χ2n) is 2.82. The van der Waals surface area contributed by atoms with Gasteiger partial charge in [0.1, 0.15) is 5.65 Å². The fourth-order valence-electron chi connectivity index (χ4n) is 1.15. The molecule has 0 saturated heterocycles. The van der Waals surface area contributed by atoms with Gasteiger partial charge in [-0.25, -0.2) is 9.78 Å². The molecule has 5 nitrogen and oxygen atoms in total. The summed E-state index contributed by atoms with van der Waals surface area (Å²) in [5.74, 6) is 0. The molecule has 0 atom stereocenters. The number of hydrogen-bond acceptors (Lipinski definition) is 3. The number of aromatic amines is 2. The van der Waals surface area contributed by atoms with Crippen LogP contribution in [0.1, 0.15) is 5.56 Å². The average molecular weight is 177 g/mol. The number of fused-ring (bicyclic) bond motifs is 1.